The number of nitrogens with one attached hydrogen (secondary N) is 1. The van der Waals surface area contributed by atoms with Gasteiger partial charge in [0.2, 0.25) is 5.91 Å². The van der Waals surface area contributed by atoms with Crippen molar-refractivity contribution in [3.8, 4) is 0 Å². The number of nitrogens with zero attached hydrogens (tertiary/aromatic N) is 4. The molecule has 5 rings (SSSR count). The Kier molecular flexibility index (Phi) is 8.25. The molecule has 1 aromatic carbocycles. The summed E-state index contributed by atoms with van der Waals surface area (Å²) >= 11 is 0. The van der Waals surface area contributed by atoms with E-state index in [2.05, 4.69) is 41.0 Å². The summed E-state index contributed by atoms with van der Waals surface area (Å²) in [6.07, 6.45) is 3.00. The molecule has 1 aliphatic rings. The molecule has 0 bridgehead atoms. The van der Waals surface area contributed by atoms with Gasteiger partial charge in [-0.15, -0.1) is 0 Å². The number of amides is 1. The Balaban J connectivity index is 1.39. The van der Waals surface area contributed by atoms with Crippen molar-refractivity contribution in [1.29, 1.82) is 0 Å². The first kappa shape index (κ1) is 31.5. The molecule has 1 N–H and O–H groups in total. The molecule has 4 aromatic rings. The van der Waals surface area contributed by atoms with Gasteiger partial charge in [-0.2, -0.15) is 13.2 Å². The van der Waals surface area contributed by atoms with Crippen LogP contribution in [0.15, 0.2) is 61.4 Å². The Labute approximate surface area is 255 Å². The largest absolute Gasteiger partial charge is 0.416 e. The van der Waals surface area contributed by atoms with Crippen LogP contribution >= 0.6 is 0 Å². The molecule has 1 saturated heterocycles. The lowest BCUT2D eigenvalue weighted by atomic mass is 9.80. The predicted molar refractivity (Wildman–Crippen MR) is 161 cm³/mol. The molecule has 0 aliphatic carbocycles. The smallest absolute Gasteiger partial charge is 0.416 e. The summed E-state index contributed by atoms with van der Waals surface area (Å²) < 4.78 is 52.8. The number of ketones is 1. The van der Waals surface area contributed by atoms with E-state index in [4.69, 9.17) is 9.16 Å². The van der Waals surface area contributed by atoms with Gasteiger partial charge in [-0.3, -0.25) is 14.6 Å². The molecule has 4 heterocycles. The summed E-state index contributed by atoms with van der Waals surface area (Å²) in [6.45, 7) is 11.4. The van der Waals surface area contributed by atoms with Gasteiger partial charge in [0.25, 0.3) is 0 Å². The summed E-state index contributed by atoms with van der Waals surface area (Å²) in [6, 6.07) is 5.90. The first-order valence-corrected chi connectivity index (χ1v) is 15.4. The topological polar surface area (TPSA) is 108 Å². The molecule has 0 spiro atoms. The van der Waals surface area contributed by atoms with Crippen molar-refractivity contribution >= 4 is 38.2 Å². The minimum Gasteiger partial charge on any atom is -0.416 e. The molecule has 0 atom stereocenters. The normalized spacial score (nSPS) is 15.5. The van der Waals surface area contributed by atoms with Crippen LogP contribution in [0.1, 0.15) is 61.7 Å². The fourth-order valence-corrected chi connectivity index (χ4v) is 6.13. The monoisotopic (exact) mass is 625 g/mol. The van der Waals surface area contributed by atoms with E-state index in [1.807, 2.05) is 18.4 Å². The highest BCUT2D eigenvalue weighted by Gasteiger charge is 2.54. The second-order valence-corrected chi connectivity index (χ2v) is 15.5. The molecule has 1 amide bonds. The number of halogens is 3. The Morgan fingerprint density at radius 2 is 1.75 bits per heavy atom. The second-order valence-electron chi connectivity index (χ2n) is 12.8. The zero-order valence-electron chi connectivity index (χ0n) is 25.2. The zero-order valence-corrected chi connectivity index (χ0v) is 26.6. The van der Waals surface area contributed by atoms with E-state index in [9.17, 15) is 22.8 Å². The highest BCUT2D eigenvalue weighted by molar-refractivity contribution is 6.31. The number of carbonyl (C=O) groups is 2. The van der Waals surface area contributed by atoms with Crippen LogP contribution in [0.2, 0.25) is 5.04 Å². The maximum Gasteiger partial charge on any atom is 0.416 e. The van der Waals surface area contributed by atoms with E-state index in [1.54, 1.807) is 12.4 Å². The van der Waals surface area contributed by atoms with Crippen molar-refractivity contribution in [1.82, 2.24) is 19.5 Å². The van der Waals surface area contributed by atoms with E-state index in [0.29, 0.717) is 35.4 Å². The summed E-state index contributed by atoms with van der Waals surface area (Å²) in [5.74, 6) is -0.804. The maximum atomic E-state index is 13.9. The van der Waals surface area contributed by atoms with Crippen LogP contribution in [-0.2, 0) is 32.1 Å². The van der Waals surface area contributed by atoms with Crippen molar-refractivity contribution in [3.05, 3.63) is 83.7 Å². The molecule has 9 nitrogen and oxygen atoms in total. The summed E-state index contributed by atoms with van der Waals surface area (Å²) in [5, 5.41) is 3.32. The standard InChI is InChI=1S/C31H34F3N5O4Si/c1-28(2,3)44-43-29(4,5)30(16-42-17-30)39-15-24(23-14-36-18-37-27(23)39)26(41)20-11-22(13-35-12-20)38-25(40)10-19-6-8-21(9-7-19)31(32,33)34/h6-9,11-15,18H,10,16-17,44H2,1-5H3,(H,38,40). The number of fused-ring (bicyclic) bond motifs is 1. The summed E-state index contributed by atoms with van der Waals surface area (Å²) in [4.78, 5) is 39.4. The third-order valence-electron chi connectivity index (χ3n) is 7.77. The van der Waals surface area contributed by atoms with Crippen LogP contribution in [-0.4, -0.2) is 59.8 Å². The van der Waals surface area contributed by atoms with Gasteiger partial charge < -0.3 is 19.0 Å². The highest BCUT2D eigenvalue weighted by atomic mass is 28.2. The number of hydrogen-bond donors (Lipinski definition) is 1. The van der Waals surface area contributed by atoms with Crippen LogP contribution < -0.4 is 5.32 Å². The minimum atomic E-state index is -4.46. The van der Waals surface area contributed by atoms with Crippen molar-refractivity contribution in [3.63, 3.8) is 0 Å². The number of benzene rings is 1. The van der Waals surface area contributed by atoms with Gasteiger partial charge >= 0.3 is 6.18 Å². The fraction of sp³-hybridized carbons (Fsp3) is 0.387. The fourth-order valence-electron chi connectivity index (χ4n) is 5.07. The van der Waals surface area contributed by atoms with Crippen LogP contribution in [0.5, 0.6) is 0 Å². The molecule has 232 valence electrons. The number of ether oxygens (including phenoxy) is 1. The number of aromatic nitrogens is 4. The number of hydrogen-bond acceptors (Lipinski definition) is 7. The molecule has 0 radical (unpaired) electrons. The van der Waals surface area contributed by atoms with Gasteiger partial charge in [0.15, 0.2) is 15.5 Å². The number of rotatable bonds is 9. The Hall–Kier alpha value is -3.94. The average Bonchev–Trinajstić information content (AvgIpc) is 3.30. The van der Waals surface area contributed by atoms with E-state index in [-0.39, 0.29) is 28.5 Å². The minimum absolute atomic E-state index is 0.0797. The van der Waals surface area contributed by atoms with Gasteiger partial charge in [-0.1, -0.05) is 32.9 Å². The number of anilines is 1. The number of pyridine rings is 1. The van der Waals surface area contributed by atoms with Gasteiger partial charge in [0.05, 0.1) is 48.2 Å². The van der Waals surface area contributed by atoms with Crippen molar-refractivity contribution in [2.45, 2.75) is 63.4 Å². The van der Waals surface area contributed by atoms with E-state index < -0.39 is 38.6 Å². The molecule has 13 heteroatoms. The molecule has 1 fully saturated rings. The molecule has 1 aliphatic heterocycles. The number of carbonyl (C=O) groups excluding carboxylic acids is 2. The molecule has 3 aromatic heterocycles. The lowest BCUT2D eigenvalue weighted by Crippen LogP contribution is -2.65. The van der Waals surface area contributed by atoms with E-state index in [0.717, 1.165) is 12.1 Å². The van der Waals surface area contributed by atoms with Crippen LogP contribution in [0.25, 0.3) is 11.0 Å². The van der Waals surface area contributed by atoms with Gasteiger partial charge in [0.1, 0.15) is 17.5 Å². The molecule has 0 saturated carbocycles. The number of alkyl halides is 3. The van der Waals surface area contributed by atoms with Crippen molar-refractivity contribution in [2.24, 2.45) is 0 Å². The van der Waals surface area contributed by atoms with Gasteiger partial charge in [-0.25, -0.2) is 9.97 Å². The predicted octanol–water partition coefficient (Wildman–Crippen LogP) is 5.08. The molecular formula is C31H34F3N5O4Si. The summed E-state index contributed by atoms with van der Waals surface area (Å²) in [7, 11) is -0.914. The first-order chi connectivity index (χ1) is 20.6. The maximum absolute atomic E-state index is 13.9. The van der Waals surface area contributed by atoms with E-state index in [1.165, 1.54) is 36.9 Å². The Morgan fingerprint density at radius 1 is 1.05 bits per heavy atom. The molecule has 0 unspecified atom stereocenters. The van der Waals surface area contributed by atoms with Gasteiger partial charge in [0, 0.05) is 29.5 Å². The van der Waals surface area contributed by atoms with Crippen molar-refractivity contribution in [2.75, 3.05) is 18.5 Å². The van der Waals surface area contributed by atoms with Gasteiger partial charge in [-0.05, 0) is 42.6 Å². The lowest BCUT2D eigenvalue weighted by molar-refractivity contribution is -0.184. The Morgan fingerprint density at radius 3 is 2.36 bits per heavy atom. The SMILES string of the molecule is CC(C)(C)[SiH2]OC(C)(C)C1(n2cc(C(=O)c3cncc(NC(=O)Cc4ccc(C(F)(F)F)cc4)c3)c3cncnc32)COC1. The zero-order chi connectivity index (χ0) is 31.9. The molecular weight excluding hydrogens is 591 g/mol. The lowest BCUT2D eigenvalue weighted by Gasteiger charge is -2.53. The third kappa shape index (κ3) is 6.30. The average molecular weight is 626 g/mol. The Bertz CT molecular complexity index is 1690. The van der Waals surface area contributed by atoms with Crippen molar-refractivity contribution < 1.29 is 31.9 Å². The van der Waals surface area contributed by atoms with Crippen LogP contribution in [0.3, 0.4) is 0 Å². The van der Waals surface area contributed by atoms with E-state index >= 15 is 0 Å². The highest BCUT2D eigenvalue weighted by Crippen LogP contribution is 2.43. The second kappa shape index (κ2) is 11.5. The quantitative estimate of drug-likeness (QED) is 0.204. The van der Waals surface area contributed by atoms with Crippen LogP contribution in [0, 0.1) is 0 Å². The molecule has 44 heavy (non-hydrogen) atoms. The first-order valence-electron chi connectivity index (χ1n) is 14.1. The van der Waals surface area contributed by atoms with Crippen LogP contribution in [0.4, 0.5) is 18.9 Å². The third-order valence-corrected chi connectivity index (χ3v) is 9.50. The summed E-state index contributed by atoms with van der Waals surface area (Å²) in [5.41, 5.74) is -0.130.